The Morgan fingerprint density at radius 1 is 1.47 bits per heavy atom. The Kier molecular flexibility index (Phi) is 3.72. The van der Waals surface area contributed by atoms with E-state index in [9.17, 15) is 8.42 Å². The second-order valence-corrected chi connectivity index (χ2v) is 7.29. The van der Waals surface area contributed by atoms with Crippen molar-refractivity contribution in [2.75, 3.05) is 19.6 Å². The zero-order valence-electron chi connectivity index (χ0n) is 12.0. The quantitative estimate of drug-likeness (QED) is 0.883. The number of hydrogen-bond donors (Lipinski definition) is 1. The number of sulfonamides is 1. The molecular formula is C12H22N4O2S. The second-order valence-electron chi connectivity index (χ2n) is 5.48. The lowest BCUT2D eigenvalue weighted by molar-refractivity contribution is 0.185. The number of aromatic nitrogens is 2. The minimum atomic E-state index is -3.52. The molecule has 1 N–H and O–H groups in total. The molecule has 0 amide bonds. The van der Waals surface area contributed by atoms with E-state index < -0.39 is 15.6 Å². The molecule has 1 fully saturated rings. The van der Waals surface area contributed by atoms with Gasteiger partial charge >= 0.3 is 0 Å². The highest BCUT2D eigenvalue weighted by molar-refractivity contribution is 7.89. The molecule has 0 spiro atoms. The Balaban J connectivity index is 2.41. The summed E-state index contributed by atoms with van der Waals surface area (Å²) < 4.78 is 28.8. The lowest BCUT2D eigenvalue weighted by Crippen LogP contribution is -2.59. The summed E-state index contributed by atoms with van der Waals surface area (Å²) in [6, 6.07) is 0. The molecule has 2 rings (SSSR count). The van der Waals surface area contributed by atoms with E-state index in [0.29, 0.717) is 19.6 Å². The maximum Gasteiger partial charge on any atom is 0.262 e. The molecule has 108 valence electrons. The van der Waals surface area contributed by atoms with Gasteiger partial charge in [-0.05, 0) is 27.7 Å². The van der Waals surface area contributed by atoms with Gasteiger partial charge in [-0.1, -0.05) is 0 Å². The van der Waals surface area contributed by atoms with E-state index >= 15 is 0 Å². The molecule has 7 heteroatoms. The van der Waals surface area contributed by atoms with Crippen LogP contribution < -0.4 is 5.32 Å². The fourth-order valence-corrected chi connectivity index (χ4v) is 4.23. The predicted octanol–water partition coefficient (Wildman–Crippen LogP) is 0.584. The Morgan fingerprint density at radius 2 is 2.16 bits per heavy atom. The van der Waals surface area contributed by atoms with E-state index in [4.69, 9.17) is 0 Å². The highest BCUT2D eigenvalue weighted by atomic mass is 32.2. The third-order valence-electron chi connectivity index (χ3n) is 3.57. The smallest absolute Gasteiger partial charge is 0.262 e. The summed E-state index contributed by atoms with van der Waals surface area (Å²) in [5.41, 5.74) is -0.430. The minimum Gasteiger partial charge on any atom is -0.334 e. The van der Waals surface area contributed by atoms with Gasteiger partial charge in [-0.3, -0.25) is 0 Å². The molecule has 1 aliphatic rings. The largest absolute Gasteiger partial charge is 0.334 e. The first-order valence-corrected chi connectivity index (χ1v) is 8.00. The normalized spacial score (nSPS) is 20.6. The average Bonchev–Trinajstić information content (AvgIpc) is 2.70. The number of imidazole rings is 1. The molecule has 1 aromatic heterocycles. The van der Waals surface area contributed by atoms with Crippen LogP contribution in [0.2, 0.25) is 0 Å². The number of piperazine rings is 1. The summed E-state index contributed by atoms with van der Waals surface area (Å²) in [6.45, 7) is 10.2. The van der Waals surface area contributed by atoms with Crippen molar-refractivity contribution in [2.45, 2.75) is 44.8 Å². The fourth-order valence-electron chi connectivity index (χ4n) is 2.45. The van der Waals surface area contributed by atoms with Crippen LogP contribution in [0.25, 0.3) is 0 Å². The molecule has 1 saturated heterocycles. The van der Waals surface area contributed by atoms with Crippen molar-refractivity contribution in [2.24, 2.45) is 0 Å². The molecule has 2 heterocycles. The van der Waals surface area contributed by atoms with E-state index in [1.165, 1.54) is 0 Å². The highest BCUT2D eigenvalue weighted by Gasteiger charge is 2.40. The molecule has 1 aliphatic heterocycles. The number of nitrogens with zero attached hydrogens (tertiary/aromatic N) is 3. The Morgan fingerprint density at radius 3 is 2.68 bits per heavy atom. The van der Waals surface area contributed by atoms with Crippen LogP contribution in [-0.2, 0) is 16.6 Å². The predicted molar refractivity (Wildman–Crippen MR) is 73.5 cm³/mol. The SMILES string of the molecule is CCn1cc(S(=O)(=O)N2CCNCC2(C)C)nc1C. The van der Waals surface area contributed by atoms with Crippen molar-refractivity contribution >= 4 is 10.0 Å². The van der Waals surface area contributed by atoms with Crippen LogP contribution in [0.3, 0.4) is 0 Å². The zero-order chi connectivity index (χ0) is 14.3. The van der Waals surface area contributed by atoms with E-state index in [1.807, 2.05) is 32.3 Å². The first-order valence-electron chi connectivity index (χ1n) is 6.56. The van der Waals surface area contributed by atoms with Gasteiger partial charge in [-0.15, -0.1) is 0 Å². The van der Waals surface area contributed by atoms with Crippen LogP contribution >= 0.6 is 0 Å². The number of hydrogen-bond acceptors (Lipinski definition) is 4. The summed E-state index contributed by atoms with van der Waals surface area (Å²) >= 11 is 0. The van der Waals surface area contributed by atoms with Crippen molar-refractivity contribution in [1.82, 2.24) is 19.2 Å². The maximum atomic E-state index is 12.7. The van der Waals surface area contributed by atoms with E-state index in [0.717, 1.165) is 12.4 Å². The van der Waals surface area contributed by atoms with Gasteiger partial charge in [0.1, 0.15) is 5.82 Å². The number of rotatable bonds is 3. The Bertz CT molecular complexity index is 562. The average molecular weight is 286 g/mol. The van der Waals surface area contributed by atoms with Crippen LogP contribution in [0.15, 0.2) is 11.2 Å². The molecule has 0 bridgehead atoms. The molecular weight excluding hydrogens is 264 g/mol. The molecule has 1 aromatic rings. The van der Waals surface area contributed by atoms with Gasteiger partial charge in [0.2, 0.25) is 0 Å². The van der Waals surface area contributed by atoms with Gasteiger partial charge in [0.25, 0.3) is 10.0 Å². The van der Waals surface area contributed by atoms with Gasteiger partial charge in [-0.2, -0.15) is 4.31 Å². The molecule has 0 aromatic carbocycles. The van der Waals surface area contributed by atoms with Gasteiger partial charge in [-0.25, -0.2) is 13.4 Å². The van der Waals surface area contributed by atoms with Crippen molar-refractivity contribution in [3.8, 4) is 0 Å². The third-order valence-corrected chi connectivity index (χ3v) is 5.56. The van der Waals surface area contributed by atoms with Crippen LogP contribution in [0.1, 0.15) is 26.6 Å². The van der Waals surface area contributed by atoms with Gasteiger partial charge in [0.15, 0.2) is 5.03 Å². The number of aryl methyl sites for hydroxylation is 2. The van der Waals surface area contributed by atoms with Crippen LogP contribution in [0.4, 0.5) is 0 Å². The van der Waals surface area contributed by atoms with Gasteiger partial charge < -0.3 is 9.88 Å². The van der Waals surface area contributed by atoms with E-state index in [-0.39, 0.29) is 5.03 Å². The third kappa shape index (κ3) is 2.54. The van der Waals surface area contributed by atoms with Crippen molar-refractivity contribution in [3.63, 3.8) is 0 Å². The highest BCUT2D eigenvalue weighted by Crippen LogP contribution is 2.25. The first kappa shape index (κ1) is 14.5. The van der Waals surface area contributed by atoms with Crippen LogP contribution in [-0.4, -0.2) is 47.4 Å². The summed E-state index contributed by atoms with van der Waals surface area (Å²) in [5.74, 6) is 0.731. The molecule has 0 atom stereocenters. The molecule has 0 aliphatic carbocycles. The monoisotopic (exact) mass is 286 g/mol. The van der Waals surface area contributed by atoms with Crippen molar-refractivity contribution in [1.29, 1.82) is 0 Å². The van der Waals surface area contributed by atoms with Gasteiger partial charge in [0, 0.05) is 37.9 Å². The summed E-state index contributed by atoms with van der Waals surface area (Å²) in [5, 5.41) is 3.38. The number of nitrogens with one attached hydrogen (secondary N) is 1. The fraction of sp³-hybridized carbons (Fsp3) is 0.750. The van der Waals surface area contributed by atoms with Crippen molar-refractivity contribution < 1.29 is 8.42 Å². The lowest BCUT2D eigenvalue weighted by atomic mass is 10.0. The molecule has 0 saturated carbocycles. The van der Waals surface area contributed by atoms with Crippen molar-refractivity contribution in [3.05, 3.63) is 12.0 Å². The standard InChI is InChI=1S/C12H22N4O2S/c1-5-15-8-11(14-10(15)2)19(17,18)16-7-6-13-9-12(16,3)4/h8,13H,5-7,9H2,1-4H3. The summed E-state index contributed by atoms with van der Waals surface area (Å²) in [6.07, 6.45) is 1.63. The molecule has 0 unspecified atom stereocenters. The topological polar surface area (TPSA) is 67.2 Å². The summed E-state index contributed by atoms with van der Waals surface area (Å²) in [7, 11) is -3.52. The lowest BCUT2D eigenvalue weighted by Gasteiger charge is -2.40. The van der Waals surface area contributed by atoms with Gasteiger partial charge in [0.05, 0.1) is 0 Å². The minimum absolute atomic E-state index is 0.154. The molecule has 19 heavy (non-hydrogen) atoms. The second kappa shape index (κ2) is 4.88. The first-order chi connectivity index (χ1) is 8.79. The zero-order valence-corrected chi connectivity index (χ0v) is 12.8. The molecule has 0 radical (unpaired) electrons. The maximum absolute atomic E-state index is 12.7. The van der Waals surface area contributed by atoms with Crippen LogP contribution in [0, 0.1) is 6.92 Å². The Hall–Kier alpha value is -0.920. The van der Waals surface area contributed by atoms with E-state index in [2.05, 4.69) is 10.3 Å². The van der Waals surface area contributed by atoms with E-state index in [1.54, 1.807) is 10.5 Å². The van der Waals surface area contributed by atoms with Crippen LogP contribution in [0.5, 0.6) is 0 Å². The molecule has 6 nitrogen and oxygen atoms in total. The Labute approximate surface area is 114 Å². The summed E-state index contributed by atoms with van der Waals surface area (Å²) in [4.78, 5) is 4.21.